The lowest BCUT2D eigenvalue weighted by Crippen LogP contribution is -2.53. The number of rotatable bonds is 6. The van der Waals surface area contributed by atoms with Crippen molar-refractivity contribution in [3.63, 3.8) is 0 Å². The molecule has 0 aliphatic heterocycles. The first-order valence-corrected chi connectivity index (χ1v) is 9.78. The van der Waals surface area contributed by atoms with Gasteiger partial charge in [0.25, 0.3) is 0 Å². The largest absolute Gasteiger partial charge is 0.347 e. The predicted octanol–water partition coefficient (Wildman–Crippen LogP) is 3.51. The van der Waals surface area contributed by atoms with Gasteiger partial charge in [-0.25, -0.2) is 0 Å². The number of aryl methyl sites for hydroxylation is 1. The van der Waals surface area contributed by atoms with Crippen LogP contribution in [-0.4, -0.2) is 17.9 Å². The average molecular weight is 342 g/mol. The Morgan fingerprint density at radius 3 is 2.60 bits per heavy atom. The van der Waals surface area contributed by atoms with E-state index in [0.717, 1.165) is 44.9 Å². The van der Waals surface area contributed by atoms with Crippen molar-refractivity contribution in [2.75, 3.05) is 0 Å². The summed E-state index contributed by atoms with van der Waals surface area (Å²) in [7, 11) is 0. The van der Waals surface area contributed by atoms with Crippen molar-refractivity contribution >= 4 is 11.8 Å². The number of fused-ring (bicyclic) bond motifs is 1. The second-order valence-corrected chi connectivity index (χ2v) is 7.65. The fraction of sp³-hybridized carbons (Fsp3) is 0.619. The molecular weight excluding hydrogens is 312 g/mol. The van der Waals surface area contributed by atoms with E-state index in [1.54, 1.807) is 0 Å². The summed E-state index contributed by atoms with van der Waals surface area (Å²) >= 11 is 0. The van der Waals surface area contributed by atoms with Crippen molar-refractivity contribution in [2.24, 2.45) is 11.8 Å². The molecule has 1 saturated carbocycles. The average Bonchev–Trinajstić information content (AvgIpc) is 2.57. The lowest BCUT2D eigenvalue weighted by Gasteiger charge is -2.32. The fourth-order valence-electron chi connectivity index (χ4n) is 3.81. The molecule has 0 saturated heterocycles. The molecule has 3 unspecified atom stereocenters. The summed E-state index contributed by atoms with van der Waals surface area (Å²) in [5, 5.41) is 6.25. The zero-order chi connectivity index (χ0) is 17.8. The Hall–Kier alpha value is -1.84. The molecule has 1 fully saturated rings. The molecule has 0 heterocycles. The Bertz CT molecular complexity index is 624. The van der Waals surface area contributed by atoms with E-state index in [9.17, 15) is 9.59 Å². The third-order valence-electron chi connectivity index (χ3n) is 5.96. The first kappa shape index (κ1) is 18.0. The minimum absolute atomic E-state index is 0.0382. The van der Waals surface area contributed by atoms with Gasteiger partial charge in [-0.3, -0.25) is 9.59 Å². The van der Waals surface area contributed by atoms with Crippen molar-refractivity contribution in [3.8, 4) is 0 Å². The Morgan fingerprint density at radius 1 is 1.16 bits per heavy atom. The summed E-state index contributed by atoms with van der Waals surface area (Å²) in [5.41, 5.74) is 2.56. The van der Waals surface area contributed by atoms with E-state index in [-0.39, 0.29) is 29.7 Å². The molecule has 4 heteroatoms. The molecule has 0 radical (unpaired) electrons. The Labute approximate surface area is 150 Å². The van der Waals surface area contributed by atoms with Gasteiger partial charge in [0, 0.05) is 5.92 Å². The van der Waals surface area contributed by atoms with Crippen LogP contribution in [0.15, 0.2) is 24.3 Å². The number of carbonyl (C=O) groups excluding carboxylic acids is 2. The smallest absolute Gasteiger partial charge is 0.243 e. The van der Waals surface area contributed by atoms with Gasteiger partial charge in [-0.15, -0.1) is 0 Å². The van der Waals surface area contributed by atoms with Gasteiger partial charge in [-0.1, -0.05) is 51.0 Å². The molecule has 136 valence electrons. The van der Waals surface area contributed by atoms with Crippen molar-refractivity contribution in [3.05, 3.63) is 35.4 Å². The molecule has 3 atom stereocenters. The first-order valence-electron chi connectivity index (χ1n) is 9.78. The lowest BCUT2D eigenvalue weighted by atomic mass is 9.84. The molecule has 3 rings (SSSR count). The second-order valence-electron chi connectivity index (χ2n) is 7.65. The minimum atomic E-state index is -0.438. The molecule has 1 aromatic carbocycles. The van der Waals surface area contributed by atoms with Crippen LogP contribution in [0.25, 0.3) is 0 Å². The predicted molar refractivity (Wildman–Crippen MR) is 99.0 cm³/mol. The number of hydrogen-bond donors (Lipinski definition) is 2. The zero-order valence-electron chi connectivity index (χ0n) is 15.4. The van der Waals surface area contributed by atoms with Crippen LogP contribution in [-0.2, 0) is 16.0 Å². The van der Waals surface area contributed by atoms with Crippen LogP contribution in [0.2, 0.25) is 0 Å². The highest BCUT2D eigenvalue weighted by molar-refractivity contribution is 5.89. The second kappa shape index (κ2) is 8.03. The van der Waals surface area contributed by atoms with Gasteiger partial charge in [0.2, 0.25) is 11.8 Å². The normalized spacial score (nSPS) is 22.2. The van der Waals surface area contributed by atoms with Gasteiger partial charge in [0.15, 0.2) is 0 Å². The lowest BCUT2D eigenvalue weighted by molar-refractivity contribution is -0.134. The van der Waals surface area contributed by atoms with Crippen LogP contribution in [0, 0.1) is 11.8 Å². The highest BCUT2D eigenvalue weighted by atomic mass is 16.2. The Kier molecular flexibility index (Phi) is 5.77. The quantitative estimate of drug-likeness (QED) is 0.831. The summed E-state index contributed by atoms with van der Waals surface area (Å²) in [6.45, 7) is 4.11. The van der Waals surface area contributed by atoms with E-state index in [1.807, 2.05) is 13.0 Å². The SMILES string of the molecule is CCC(C)C(NC(=O)C1CCC1)C(=O)NC1CCCc2ccccc21. The molecule has 4 nitrogen and oxygen atoms in total. The number of benzene rings is 1. The van der Waals surface area contributed by atoms with Crippen molar-refractivity contribution in [1.82, 2.24) is 10.6 Å². The van der Waals surface area contributed by atoms with Crippen LogP contribution >= 0.6 is 0 Å². The molecule has 0 spiro atoms. The molecule has 1 aromatic rings. The molecule has 2 amide bonds. The van der Waals surface area contributed by atoms with Gasteiger partial charge in [-0.05, 0) is 49.1 Å². The van der Waals surface area contributed by atoms with Crippen LogP contribution in [0.5, 0.6) is 0 Å². The van der Waals surface area contributed by atoms with Crippen LogP contribution < -0.4 is 10.6 Å². The van der Waals surface area contributed by atoms with Gasteiger partial charge in [-0.2, -0.15) is 0 Å². The molecule has 2 N–H and O–H groups in total. The van der Waals surface area contributed by atoms with Crippen LogP contribution in [0.3, 0.4) is 0 Å². The Balaban J connectivity index is 1.69. The van der Waals surface area contributed by atoms with E-state index in [4.69, 9.17) is 0 Å². The van der Waals surface area contributed by atoms with Crippen LogP contribution in [0.4, 0.5) is 0 Å². The summed E-state index contributed by atoms with van der Waals surface area (Å²) < 4.78 is 0. The van der Waals surface area contributed by atoms with E-state index in [1.165, 1.54) is 11.1 Å². The molecular formula is C21H30N2O2. The zero-order valence-corrected chi connectivity index (χ0v) is 15.4. The van der Waals surface area contributed by atoms with E-state index in [2.05, 4.69) is 35.8 Å². The minimum Gasteiger partial charge on any atom is -0.347 e. The number of nitrogens with one attached hydrogen (secondary N) is 2. The number of hydrogen-bond acceptors (Lipinski definition) is 2. The van der Waals surface area contributed by atoms with E-state index in [0.29, 0.717) is 0 Å². The third-order valence-corrected chi connectivity index (χ3v) is 5.96. The summed E-state index contributed by atoms with van der Waals surface area (Å²) in [6, 6.07) is 7.98. The van der Waals surface area contributed by atoms with Crippen molar-refractivity contribution in [2.45, 2.75) is 70.9 Å². The fourth-order valence-corrected chi connectivity index (χ4v) is 3.81. The molecule has 0 aromatic heterocycles. The summed E-state index contributed by atoms with van der Waals surface area (Å²) in [4.78, 5) is 25.3. The highest BCUT2D eigenvalue weighted by Gasteiger charge is 2.33. The van der Waals surface area contributed by atoms with Gasteiger partial charge >= 0.3 is 0 Å². The van der Waals surface area contributed by atoms with Gasteiger partial charge in [0.1, 0.15) is 6.04 Å². The van der Waals surface area contributed by atoms with Gasteiger partial charge in [0.05, 0.1) is 6.04 Å². The molecule has 25 heavy (non-hydrogen) atoms. The van der Waals surface area contributed by atoms with Gasteiger partial charge < -0.3 is 10.6 Å². The molecule has 2 aliphatic carbocycles. The highest BCUT2D eigenvalue weighted by Crippen LogP contribution is 2.30. The maximum Gasteiger partial charge on any atom is 0.243 e. The maximum atomic E-state index is 13.0. The maximum absolute atomic E-state index is 13.0. The van der Waals surface area contributed by atoms with Crippen molar-refractivity contribution in [1.29, 1.82) is 0 Å². The van der Waals surface area contributed by atoms with Crippen LogP contribution in [0.1, 0.15) is 69.5 Å². The monoisotopic (exact) mass is 342 g/mol. The Morgan fingerprint density at radius 2 is 1.92 bits per heavy atom. The van der Waals surface area contributed by atoms with E-state index < -0.39 is 6.04 Å². The first-order chi connectivity index (χ1) is 12.1. The summed E-state index contributed by atoms with van der Waals surface area (Å²) in [6.07, 6.45) is 7.03. The summed E-state index contributed by atoms with van der Waals surface area (Å²) in [5.74, 6) is 0.247. The third kappa shape index (κ3) is 4.05. The standard InChI is InChI=1S/C21H30N2O2/c1-3-14(2)19(23-20(24)16-10-6-11-16)21(25)22-18-13-7-9-15-8-4-5-12-17(15)18/h4-5,8,12,14,16,18-19H,3,6-7,9-11,13H2,1-2H3,(H,22,25)(H,23,24). The molecule has 2 aliphatic rings. The molecule has 0 bridgehead atoms. The van der Waals surface area contributed by atoms with E-state index >= 15 is 0 Å². The topological polar surface area (TPSA) is 58.2 Å². The number of carbonyl (C=O) groups is 2. The number of amides is 2. The van der Waals surface area contributed by atoms with Crippen molar-refractivity contribution < 1.29 is 9.59 Å².